The molecule has 1 aromatic rings. The molecule has 17 heavy (non-hydrogen) atoms. The van der Waals surface area contributed by atoms with Crippen molar-refractivity contribution in [3.8, 4) is 0 Å². The molecule has 1 aliphatic heterocycles. The molecule has 1 unspecified atom stereocenters. The van der Waals surface area contributed by atoms with Crippen LogP contribution < -0.4 is 4.31 Å². The molecule has 0 aliphatic carbocycles. The van der Waals surface area contributed by atoms with Crippen molar-refractivity contribution in [2.45, 2.75) is 25.8 Å². The third-order valence-corrected chi connectivity index (χ3v) is 4.97. The molecule has 1 heterocycles. The van der Waals surface area contributed by atoms with E-state index in [1.54, 1.807) is 0 Å². The summed E-state index contributed by atoms with van der Waals surface area (Å²) in [6.07, 6.45) is 1.04. The summed E-state index contributed by atoms with van der Waals surface area (Å²) in [6, 6.07) is 7.56. The maximum absolute atomic E-state index is 12.2. The number of para-hydroxylation sites is 1. The van der Waals surface area contributed by atoms with Crippen LogP contribution in [-0.2, 0) is 16.4 Å². The van der Waals surface area contributed by atoms with Gasteiger partial charge in [0.15, 0.2) is 0 Å². The van der Waals surface area contributed by atoms with Gasteiger partial charge in [-0.15, -0.1) is 0 Å². The lowest BCUT2D eigenvalue weighted by atomic mass is 10.1. The van der Waals surface area contributed by atoms with Crippen molar-refractivity contribution >= 4 is 15.7 Å². The minimum Gasteiger partial charge on any atom is -0.396 e. The fourth-order valence-corrected chi connectivity index (χ4v) is 4.10. The summed E-state index contributed by atoms with van der Waals surface area (Å²) < 4.78 is 25.9. The summed E-state index contributed by atoms with van der Waals surface area (Å²) in [4.78, 5) is 0. The van der Waals surface area contributed by atoms with Gasteiger partial charge in [0.25, 0.3) is 0 Å². The van der Waals surface area contributed by atoms with Crippen LogP contribution in [0.1, 0.15) is 18.9 Å². The highest BCUT2D eigenvalue weighted by molar-refractivity contribution is 7.92. The number of anilines is 1. The highest BCUT2D eigenvalue weighted by atomic mass is 32.2. The van der Waals surface area contributed by atoms with E-state index in [0.29, 0.717) is 0 Å². The Balaban J connectivity index is 2.33. The van der Waals surface area contributed by atoms with E-state index in [0.717, 1.165) is 17.7 Å². The Hall–Kier alpha value is -1.07. The molecule has 1 N–H and O–H groups in total. The zero-order chi connectivity index (χ0) is 12.5. The highest BCUT2D eigenvalue weighted by Gasteiger charge is 2.34. The SMILES string of the molecule is CC1Cc2ccccc2N1S(=O)(=O)CCCO. The molecule has 0 bridgehead atoms. The Labute approximate surface area is 102 Å². The second kappa shape index (κ2) is 4.66. The van der Waals surface area contributed by atoms with Crippen LogP contribution in [0.15, 0.2) is 24.3 Å². The number of fused-ring (bicyclic) bond motifs is 1. The summed E-state index contributed by atoms with van der Waals surface area (Å²) in [5.41, 5.74) is 1.87. The van der Waals surface area contributed by atoms with E-state index in [2.05, 4.69) is 0 Å². The lowest BCUT2D eigenvalue weighted by Crippen LogP contribution is -2.37. The Morgan fingerprint density at radius 3 is 2.82 bits per heavy atom. The van der Waals surface area contributed by atoms with Crippen LogP contribution in [0, 0.1) is 0 Å². The van der Waals surface area contributed by atoms with Gasteiger partial charge in [0.05, 0.1) is 11.4 Å². The number of hydrogen-bond acceptors (Lipinski definition) is 3. The molecule has 0 saturated heterocycles. The molecule has 2 rings (SSSR count). The molecule has 1 atom stereocenters. The van der Waals surface area contributed by atoms with Crippen molar-refractivity contribution in [3.05, 3.63) is 29.8 Å². The Bertz CT molecular complexity index is 498. The second-order valence-corrected chi connectivity index (χ2v) is 6.34. The zero-order valence-electron chi connectivity index (χ0n) is 9.83. The molecule has 0 aromatic heterocycles. The van der Waals surface area contributed by atoms with Crippen molar-refractivity contribution in [2.24, 2.45) is 0 Å². The molecule has 0 spiro atoms. The van der Waals surface area contributed by atoms with Crippen LogP contribution >= 0.6 is 0 Å². The predicted molar refractivity (Wildman–Crippen MR) is 67.6 cm³/mol. The van der Waals surface area contributed by atoms with Crippen molar-refractivity contribution in [3.63, 3.8) is 0 Å². The van der Waals surface area contributed by atoms with Gasteiger partial charge in [-0.05, 0) is 31.4 Å². The van der Waals surface area contributed by atoms with Gasteiger partial charge in [0.2, 0.25) is 10.0 Å². The Kier molecular flexibility index (Phi) is 3.40. The molecular weight excluding hydrogens is 238 g/mol. The summed E-state index contributed by atoms with van der Waals surface area (Å²) in [5.74, 6) is 0.00216. The minimum atomic E-state index is -3.31. The van der Waals surface area contributed by atoms with Crippen molar-refractivity contribution in [1.82, 2.24) is 0 Å². The molecule has 0 amide bonds. The van der Waals surface area contributed by atoms with E-state index in [9.17, 15) is 8.42 Å². The van der Waals surface area contributed by atoms with Crippen molar-refractivity contribution < 1.29 is 13.5 Å². The van der Waals surface area contributed by atoms with E-state index in [1.165, 1.54) is 4.31 Å². The van der Waals surface area contributed by atoms with E-state index < -0.39 is 10.0 Å². The molecule has 1 aliphatic rings. The van der Waals surface area contributed by atoms with E-state index in [-0.39, 0.29) is 24.8 Å². The molecular formula is C12H17NO3S. The molecule has 5 heteroatoms. The van der Waals surface area contributed by atoms with Crippen LogP contribution in [0.25, 0.3) is 0 Å². The lowest BCUT2D eigenvalue weighted by molar-refractivity contribution is 0.295. The topological polar surface area (TPSA) is 57.6 Å². The highest BCUT2D eigenvalue weighted by Crippen LogP contribution is 2.34. The Morgan fingerprint density at radius 2 is 2.12 bits per heavy atom. The molecule has 1 aromatic carbocycles. The fraction of sp³-hybridized carbons (Fsp3) is 0.500. The Morgan fingerprint density at radius 1 is 1.41 bits per heavy atom. The van der Waals surface area contributed by atoms with Crippen LogP contribution in [-0.4, -0.2) is 31.9 Å². The van der Waals surface area contributed by atoms with Gasteiger partial charge in [0, 0.05) is 12.6 Å². The van der Waals surface area contributed by atoms with Gasteiger partial charge in [-0.2, -0.15) is 0 Å². The first-order valence-corrected chi connectivity index (χ1v) is 7.38. The average molecular weight is 255 g/mol. The number of sulfonamides is 1. The van der Waals surface area contributed by atoms with Gasteiger partial charge < -0.3 is 5.11 Å². The number of benzene rings is 1. The lowest BCUT2D eigenvalue weighted by Gasteiger charge is -2.24. The number of aliphatic hydroxyl groups is 1. The van der Waals surface area contributed by atoms with Crippen molar-refractivity contribution in [2.75, 3.05) is 16.7 Å². The fourth-order valence-electron chi connectivity index (χ4n) is 2.31. The quantitative estimate of drug-likeness (QED) is 0.878. The average Bonchev–Trinajstić information content (AvgIpc) is 2.63. The molecule has 4 nitrogen and oxygen atoms in total. The maximum atomic E-state index is 12.2. The maximum Gasteiger partial charge on any atom is 0.235 e. The number of aliphatic hydroxyl groups excluding tert-OH is 1. The van der Waals surface area contributed by atoms with Crippen LogP contribution in [0.3, 0.4) is 0 Å². The number of hydrogen-bond donors (Lipinski definition) is 1. The van der Waals surface area contributed by atoms with Gasteiger partial charge in [-0.1, -0.05) is 18.2 Å². The normalized spacial score (nSPS) is 19.4. The molecule has 0 radical (unpaired) electrons. The van der Waals surface area contributed by atoms with Gasteiger partial charge in [0.1, 0.15) is 0 Å². The monoisotopic (exact) mass is 255 g/mol. The van der Waals surface area contributed by atoms with Gasteiger partial charge in [-0.25, -0.2) is 8.42 Å². The smallest absolute Gasteiger partial charge is 0.235 e. The molecule has 0 fully saturated rings. The van der Waals surface area contributed by atoms with Crippen LogP contribution in [0.5, 0.6) is 0 Å². The number of nitrogens with zero attached hydrogens (tertiary/aromatic N) is 1. The van der Waals surface area contributed by atoms with Crippen molar-refractivity contribution in [1.29, 1.82) is 0 Å². The first-order chi connectivity index (χ1) is 8.06. The summed E-state index contributed by atoms with van der Waals surface area (Å²) in [6.45, 7) is 1.82. The van der Waals surface area contributed by atoms with Gasteiger partial charge >= 0.3 is 0 Å². The van der Waals surface area contributed by atoms with E-state index in [4.69, 9.17) is 5.11 Å². The zero-order valence-corrected chi connectivity index (χ0v) is 10.7. The number of rotatable bonds is 4. The molecule has 0 saturated carbocycles. The summed E-state index contributed by atoms with van der Waals surface area (Å²) >= 11 is 0. The first kappa shape index (κ1) is 12.4. The van der Waals surface area contributed by atoms with Gasteiger partial charge in [-0.3, -0.25) is 4.31 Å². The summed E-state index contributed by atoms with van der Waals surface area (Å²) in [7, 11) is -3.31. The first-order valence-electron chi connectivity index (χ1n) is 5.77. The third-order valence-electron chi connectivity index (χ3n) is 3.00. The third kappa shape index (κ3) is 2.30. The van der Waals surface area contributed by atoms with Crippen LogP contribution in [0.2, 0.25) is 0 Å². The minimum absolute atomic E-state index is 0.00216. The predicted octanol–water partition coefficient (Wildman–Crippen LogP) is 1.15. The molecule has 94 valence electrons. The van der Waals surface area contributed by atoms with Crippen LogP contribution in [0.4, 0.5) is 5.69 Å². The second-order valence-electron chi connectivity index (χ2n) is 4.37. The van der Waals surface area contributed by atoms with E-state index >= 15 is 0 Å². The standard InChI is InChI=1S/C12H17NO3S/c1-10-9-11-5-2-3-6-12(11)13(10)17(15,16)8-4-7-14/h2-3,5-6,10,14H,4,7-9H2,1H3. The largest absolute Gasteiger partial charge is 0.396 e. The van der Waals surface area contributed by atoms with E-state index in [1.807, 2.05) is 31.2 Å². The summed E-state index contributed by atoms with van der Waals surface area (Å²) in [5, 5.41) is 8.75.